The van der Waals surface area contributed by atoms with E-state index in [9.17, 15) is 17.3 Å². The van der Waals surface area contributed by atoms with Gasteiger partial charge in [-0.05, 0) is 31.4 Å². The number of hydrogen-bond donors (Lipinski definition) is 0. The van der Waals surface area contributed by atoms with Crippen molar-refractivity contribution in [2.75, 3.05) is 12.3 Å². The molecule has 1 aromatic carbocycles. The summed E-state index contributed by atoms with van der Waals surface area (Å²) >= 11 is 0. The molecule has 6 heteroatoms. The van der Waals surface area contributed by atoms with Gasteiger partial charge in [0.1, 0.15) is 0 Å². The molecule has 0 fully saturated rings. The lowest BCUT2D eigenvalue weighted by Gasteiger charge is -2.12. The molecule has 21 heavy (non-hydrogen) atoms. The Morgan fingerprint density at radius 3 is 1.71 bits per heavy atom. The number of halogens is 4. The second-order valence-corrected chi connectivity index (χ2v) is 7.87. The summed E-state index contributed by atoms with van der Waals surface area (Å²) in [4.78, 5) is 0. The van der Waals surface area contributed by atoms with Gasteiger partial charge in [0.05, 0.1) is 17.6 Å². The van der Waals surface area contributed by atoms with E-state index in [2.05, 4.69) is 45.0 Å². The number of rotatable bonds is 7. The van der Waals surface area contributed by atoms with Gasteiger partial charge in [0.15, 0.2) is 0 Å². The van der Waals surface area contributed by atoms with E-state index in [1.54, 1.807) is 5.30 Å². The molecule has 1 rings (SSSR count). The molecule has 0 atom stereocenters. The van der Waals surface area contributed by atoms with E-state index in [1.165, 1.54) is 43.6 Å². The van der Waals surface area contributed by atoms with Gasteiger partial charge in [-0.1, -0.05) is 44.9 Å². The maximum atomic E-state index is 9.75. The maximum absolute atomic E-state index is 9.75. The van der Waals surface area contributed by atoms with Crippen LogP contribution in [-0.2, 0) is 0 Å². The molecule has 0 aliphatic rings. The van der Waals surface area contributed by atoms with E-state index in [1.807, 2.05) is 0 Å². The number of unbranched alkanes of at least 4 members (excludes halogenated alkanes) is 2. The van der Waals surface area contributed by atoms with Gasteiger partial charge in [0.25, 0.3) is 0 Å². The van der Waals surface area contributed by atoms with E-state index in [-0.39, 0.29) is 7.92 Å². The Hall–Kier alpha value is -0.565. The number of aryl methyl sites for hydroxylation is 1. The van der Waals surface area contributed by atoms with E-state index >= 15 is 0 Å². The number of hydrogen-bond acceptors (Lipinski definition) is 0. The summed E-state index contributed by atoms with van der Waals surface area (Å²) in [5, 5.41) is 1.69. The Kier molecular flexibility index (Phi) is 10.8. The average Bonchev–Trinajstić information content (AvgIpc) is 2.38. The van der Waals surface area contributed by atoms with E-state index in [0.29, 0.717) is 0 Å². The topological polar surface area (TPSA) is 0 Å². The molecule has 0 heterocycles. The van der Waals surface area contributed by atoms with Gasteiger partial charge in [0, 0.05) is 7.92 Å². The SMILES string of the molecule is CCCC[PH+](CCCC)c1ccccc1C.F[B-](F)(F)F. The van der Waals surface area contributed by atoms with Gasteiger partial charge in [-0.2, -0.15) is 0 Å². The van der Waals surface area contributed by atoms with Gasteiger partial charge in [0.2, 0.25) is 0 Å². The average molecular weight is 324 g/mol. The highest BCUT2D eigenvalue weighted by Crippen LogP contribution is 2.37. The Morgan fingerprint density at radius 1 is 0.905 bits per heavy atom. The number of benzene rings is 1. The van der Waals surface area contributed by atoms with Crippen LogP contribution >= 0.6 is 7.92 Å². The summed E-state index contributed by atoms with van der Waals surface area (Å²) in [5.74, 6) is 0. The van der Waals surface area contributed by atoms with Crippen LogP contribution in [0.2, 0.25) is 0 Å². The van der Waals surface area contributed by atoms with Gasteiger partial charge in [-0.15, -0.1) is 0 Å². The van der Waals surface area contributed by atoms with Crippen molar-refractivity contribution in [3.05, 3.63) is 29.8 Å². The molecule has 0 spiro atoms. The molecule has 0 radical (unpaired) electrons. The van der Waals surface area contributed by atoms with E-state index in [4.69, 9.17) is 0 Å². The van der Waals surface area contributed by atoms with E-state index < -0.39 is 7.25 Å². The van der Waals surface area contributed by atoms with Crippen molar-refractivity contribution in [2.45, 2.75) is 46.5 Å². The van der Waals surface area contributed by atoms with Crippen molar-refractivity contribution in [2.24, 2.45) is 0 Å². The maximum Gasteiger partial charge on any atom is 0.673 e. The van der Waals surface area contributed by atoms with Gasteiger partial charge in [-0.3, -0.25) is 0 Å². The first-order valence-electron chi connectivity index (χ1n) is 7.57. The van der Waals surface area contributed by atoms with Crippen LogP contribution in [0.4, 0.5) is 17.3 Å². The van der Waals surface area contributed by atoms with Crippen molar-refractivity contribution in [3.63, 3.8) is 0 Å². The standard InChI is InChI=1S/C15H25P.BF4/c1-4-6-12-16(13-7-5-2)15-11-9-8-10-14(15)3;2-1(3,4)5/h8-11H,4-7,12-13H2,1-3H3;/q;-1/p+1. The van der Waals surface area contributed by atoms with E-state index in [0.717, 1.165) is 0 Å². The zero-order chi connectivity index (χ0) is 16.3. The van der Waals surface area contributed by atoms with Gasteiger partial charge in [-0.25, -0.2) is 0 Å². The predicted molar refractivity (Wildman–Crippen MR) is 88.9 cm³/mol. The van der Waals surface area contributed by atoms with Crippen LogP contribution in [0.1, 0.15) is 45.1 Å². The van der Waals surface area contributed by atoms with Crippen LogP contribution in [0.15, 0.2) is 24.3 Å². The summed E-state index contributed by atoms with van der Waals surface area (Å²) in [6.45, 7) is 6.88. The minimum absolute atomic E-state index is 0.278. The molecule has 1 aromatic rings. The van der Waals surface area contributed by atoms with Crippen LogP contribution in [0.25, 0.3) is 0 Å². The molecule has 0 saturated heterocycles. The molecular weight excluding hydrogens is 298 g/mol. The van der Waals surface area contributed by atoms with Crippen molar-refractivity contribution < 1.29 is 17.3 Å². The molecule has 0 aliphatic heterocycles. The molecular formula is C15H26BF4P. The quantitative estimate of drug-likeness (QED) is 0.341. The Labute approximate surface area is 127 Å². The summed E-state index contributed by atoms with van der Waals surface area (Å²) in [7, 11) is -6.28. The van der Waals surface area contributed by atoms with Gasteiger partial charge >= 0.3 is 7.25 Å². The first-order chi connectivity index (χ1) is 9.79. The van der Waals surface area contributed by atoms with Gasteiger partial charge < -0.3 is 17.3 Å². The summed E-state index contributed by atoms with van der Waals surface area (Å²) in [6.07, 6.45) is 8.43. The smallest absolute Gasteiger partial charge is 0.418 e. The van der Waals surface area contributed by atoms with Crippen LogP contribution in [0, 0.1) is 6.92 Å². The lowest BCUT2D eigenvalue weighted by Crippen LogP contribution is -2.09. The fourth-order valence-corrected chi connectivity index (χ4v) is 5.47. The highest BCUT2D eigenvalue weighted by molar-refractivity contribution is 7.65. The minimum atomic E-state index is -6.00. The van der Waals surface area contributed by atoms with Crippen LogP contribution in [-0.4, -0.2) is 19.6 Å². The third-order valence-electron chi connectivity index (χ3n) is 3.19. The molecule has 0 unspecified atom stereocenters. The molecule has 0 N–H and O–H groups in total. The molecule has 0 aromatic heterocycles. The summed E-state index contributed by atoms with van der Waals surface area (Å²) < 4.78 is 39.0. The Balaban J connectivity index is 0.000000690. The highest BCUT2D eigenvalue weighted by Gasteiger charge is 2.20. The summed E-state index contributed by atoms with van der Waals surface area (Å²) in [6, 6.07) is 9.02. The van der Waals surface area contributed by atoms with Crippen LogP contribution in [0.3, 0.4) is 0 Å². The molecule has 0 amide bonds. The Bertz CT molecular complexity index is 368. The normalized spacial score (nSPS) is 11.2. The monoisotopic (exact) mass is 324 g/mol. The molecule has 0 nitrogen and oxygen atoms in total. The highest BCUT2D eigenvalue weighted by atomic mass is 31.1. The molecule has 0 aliphatic carbocycles. The zero-order valence-electron chi connectivity index (χ0n) is 13.1. The second-order valence-electron chi connectivity index (χ2n) is 5.12. The second kappa shape index (κ2) is 11.1. The van der Waals surface area contributed by atoms with Crippen molar-refractivity contribution >= 4 is 20.5 Å². The Morgan fingerprint density at radius 2 is 1.33 bits per heavy atom. The fraction of sp³-hybridized carbons (Fsp3) is 0.600. The molecule has 0 bridgehead atoms. The van der Waals surface area contributed by atoms with Crippen LogP contribution < -0.4 is 5.30 Å². The largest absolute Gasteiger partial charge is 0.673 e. The fourth-order valence-electron chi connectivity index (χ4n) is 2.14. The van der Waals surface area contributed by atoms with Crippen molar-refractivity contribution in [1.82, 2.24) is 0 Å². The first kappa shape index (κ1) is 20.4. The molecule has 122 valence electrons. The molecule has 0 saturated carbocycles. The van der Waals surface area contributed by atoms with Crippen molar-refractivity contribution in [1.29, 1.82) is 0 Å². The lowest BCUT2D eigenvalue weighted by atomic mass is 10.2. The van der Waals surface area contributed by atoms with Crippen LogP contribution in [0.5, 0.6) is 0 Å². The third kappa shape index (κ3) is 11.7. The minimum Gasteiger partial charge on any atom is -0.418 e. The summed E-state index contributed by atoms with van der Waals surface area (Å²) in [5.41, 5.74) is 1.52. The first-order valence-corrected chi connectivity index (χ1v) is 9.49. The third-order valence-corrected chi connectivity index (χ3v) is 6.43. The van der Waals surface area contributed by atoms with Crippen molar-refractivity contribution in [3.8, 4) is 0 Å². The lowest BCUT2D eigenvalue weighted by molar-refractivity contribution is 0.368. The zero-order valence-corrected chi connectivity index (χ0v) is 14.1. The predicted octanol–water partition coefficient (Wildman–Crippen LogP) is 5.73.